The molecule has 2 saturated heterocycles. The van der Waals surface area contributed by atoms with Gasteiger partial charge in [0.2, 0.25) is 11.8 Å². The molecule has 0 saturated carbocycles. The number of nitrogens with zero attached hydrogens (tertiary/aromatic N) is 1. The molecule has 3 heterocycles. The number of fused-ring (bicyclic) bond motifs is 2. The summed E-state index contributed by atoms with van der Waals surface area (Å²) >= 11 is 16.0. The predicted octanol–water partition coefficient (Wildman–Crippen LogP) is 6.60. The summed E-state index contributed by atoms with van der Waals surface area (Å²) in [6, 6.07) is 14.5. The Balaban J connectivity index is 1.58. The molecule has 6 rings (SSSR count). The fourth-order valence-electron chi connectivity index (χ4n) is 6.45. The quantitative estimate of drug-likeness (QED) is 0.335. The van der Waals surface area contributed by atoms with Gasteiger partial charge in [0.15, 0.2) is 0 Å². The molecule has 1 spiro atoms. The van der Waals surface area contributed by atoms with E-state index in [-0.39, 0.29) is 34.4 Å². The number of hydrogen-bond acceptors (Lipinski definition) is 4. The first-order valence-corrected chi connectivity index (χ1v) is 14.7. The van der Waals surface area contributed by atoms with Crippen LogP contribution in [0, 0.1) is 5.82 Å². The van der Waals surface area contributed by atoms with Gasteiger partial charge in [0.05, 0.1) is 16.1 Å². The lowest BCUT2D eigenvalue weighted by Crippen LogP contribution is -2.57. The number of carbonyl (C=O) groups excluding carboxylic acids is 2. The third-order valence-electron chi connectivity index (χ3n) is 8.34. The van der Waals surface area contributed by atoms with Crippen LogP contribution in [-0.2, 0) is 15.0 Å². The van der Waals surface area contributed by atoms with Crippen molar-refractivity contribution in [2.75, 3.05) is 25.5 Å². The van der Waals surface area contributed by atoms with Crippen LogP contribution < -0.4 is 15.4 Å². The van der Waals surface area contributed by atoms with Gasteiger partial charge in [-0.05, 0) is 83.3 Å². The van der Waals surface area contributed by atoms with Crippen molar-refractivity contribution < 1.29 is 18.7 Å². The van der Waals surface area contributed by atoms with Crippen molar-refractivity contribution in [3.8, 4) is 5.75 Å². The molecule has 6 nitrogen and oxygen atoms in total. The first-order chi connectivity index (χ1) is 19.2. The number of likely N-dealkylation sites (tertiary alicyclic amines) is 1. The Labute approximate surface area is 250 Å². The van der Waals surface area contributed by atoms with Crippen molar-refractivity contribution in [3.05, 3.63) is 91.6 Å². The van der Waals surface area contributed by atoms with Gasteiger partial charge in [0.1, 0.15) is 23.1 Å². The Kier molecular flexibility index (Phi) is 7.32. The average Bonchev–Trinajstić information content (AvgIpc) is 3.20. The second kappa shape index (κ2) is 10.6. The van der Waals surface area contributed by atoms with E-state index in [2.05, 4.69) is 38.5 Å². The summed E-state index contributed by atoms with van der Waals surface area (Å²) < 4.78 is 23.0. The minimum absolute atomic E-state index is 0.00704. The SMILES string of the molecule is CN1CCC(Oc2ccc(Br)c(F)c2C2NC(=O)CC(c3cccc(Cl)c3)C23C(=O)Nc2cc(Cl)ccc23)CC1. The molecule has 2 fully saturated rings. The number of benzene rings is 3. The Morgan fingerprint density at radius 3 is 2.55 bits per heavy atom. The van der Waals surface area contributed by atoms with Crippen LogP contribution in [0.3, 0.4) is 0 Å². The van der Waals surface area contributed by atoms with Crippen molar-refractivity contribution >= 4 is 56.6 Å². The maximum atomic E-state index is 16.3. The molecule has 3 atom stereocenters. The smallest absolute Gasteiger partial charge is 0.238 e. The van der Waals surface area contributed by atoms with E-state index in [1.807, 2.05) is 6.07 Å². The first kappa shape index (κ1) is 27.5. The highest BCUT2D eigenvalue weighted by atomic mass is 79.9. The van der Waals surface area contributed by atoms with Crippen LogP contribution in [0.2, 0.25) is 10.0 Å². The zero-order valence-corrected chi connectivity index (χ0v) is 24.7. The van der Waals surface area contributed by atoms with Gasteiger partial charge in [-0.15, -0.1) is 0 Å². The van der Waals surface area contributed by atoms with Gasteiger partial charge in [-0.3, -0.25) is 9.59 Å². The number of amides is 2. The van der Waals surface area contributed by atoms with Crippen LogP contribution in [0.1, 0.15) is 47.9 Å². The van der Waals surface area contributed by atoms with E-state index < -0.39 is 23.2 Å². The number of halogens is 4. The van der Waals surface area contributed by atoms with Gasteiger partial charge in [-0.25, -0.2) is 4.39 Å². The fourth-order valence-corrected chi connectivity index (χ4v) is 7.17. The van der Waals surface area contributed by atoms with Crippen molar-refractivity contribution in [1.29, 1.82) is 0 Å². The lowest BCUT2D eigenvalue weighted by atomic mass is 9.59. The molecule has 3 aliphatic rings. The number of ether oxygens (including phenoxy) is 1. The van der Waals surface area contributed by atoms with Crippen molar-refractivity contribution in [3.63, 3.8) is 0 Å². The highest BCUT2D eigenvalue weighted by Crippen LogP contribution is 2.59. The molecule has 0 radical (unpaired) electrons. The molecule has 3 unspecified atom stereocenters. The zero-order chi connectivity index (χ0) is 28.2. The Bertz CT molecular complexity index is 1510. The van der Waals surface area contributed by atoms with Crippen LogP contribution in [-0.4, -0.2) is 43.0 Å². The molecule has 0 bridgehead atoms. The summed E-state index contributed by atoms with van der Waals surface area (Å²) in [6.07, 6.45) is 1.44. The summed E-state index contributed by atoms with van der Waals surface area (Å²) in [7, 11) is 2.06. The van der Waals surface area contributed by atoms with Gasteiger partial charge in [0.25, 0.3) is 0 Å². The van der Waals surface area contributed by atoms with E-state index >= 15 is 4.39 Å². The topological polar surface area (TPSA) is 70.7 Å². The van der Waals surface area contributed by atoms with E-state index in [9.17, 15) is 9.59 Å². The lowest BCUT2D eigenvalue weighted by Gasteiger charge is -2.47. The highest BCUT2D eigenvalue weighted by molar-refractivity contribution is 9.10. The average molecular weight is 647 g/mol. The van der Waals surface area contributed by atoms with Crippen molar-refractivity contribution in [2.24, 2.45) is 0 Å². The minimum atomic E-state index is -1.41. The van der Waals surface area contributed by atoms with E-state index in [4.69, 9.17) is 27.9 Å². The van der Waals surface area contributed by atoms with Crippen LogP contribution >= 0.6 is 39.1 Å². The van der Waals surface area contributed by atoms with E-state index in [1.165, 1.54) is 0 Å². The van der Waals surface area contributed by atoms with Crippen molar-refractivity contribution in [1.82, 2.24) is 10.2 Å². The van der Waals surface area contributed by atoms with Crippen LogP contribution in [0.15, 0.2) is 59.1 Å². The van der Waals surface area contributed by atoms with Crippen molar-refractivity contribution in [2.45, 2.75) is 42.7 Å². The summed E-state index contributed by atoms with van der Waals surface area (Å²) in [6.45, 7) is 1.72. The molecule has 3 aliphatic heterocycles. The van der Waals surface area contributed by atoms with Crippen LogP contribution in [0.4, 0.5) is 10.1 Å². The summed E-state index contributed by atoms with van der Waals surface area (Å²) in [5.41, 5.74) is 0.579. The number of piperidine rings is 2. The molecule has 0 aromatic heterocycles. The summed E-state index contributed by atoms with van der Waals surface area (Å²) in [4.78, 5) is 29.9. The monoisotopic (exact) mass is 645 g/mol. The van der Waals surface area contributed by atoms with E-state index in [0.29, 0.717) is 32.6 Å². The first-order valence-electron chi connectivity index (χ1n) is 13.2. The van der Waals surface area contributed by atoms with Gasteiger partial charge in [0, 0.05) is 41.2 Å². The molecule has 208 valence electrons. The zero-order valence-electron chi connectivity index (χ0n) is 21.6. The Morgan fingerprint density at radius 1 is 1.05 bits per heavy atom. The lowest BCUT2D eigenvalue weighted by molar-refractivity contribution is -0.131. The number of rotatable bonds is 4. The molecule has 3 aromatic carbocycles. The molecular weight excluding hydrogens is 620 g/mol. The van der Waals surface area contributed by atoms with Gasteiger partial charge >= 0.3 is 0 Å². The number of hydrogen-bond donors (Lipinski definition) is 2. The maximum Gasteiger partial charge on any atom is 0.238 e. The molecule has 40 heavy (non-hydrogen) atoms. The second-order valence-corrected chi connectivity index (χ2v) is 12.4. The molecule has 2 N–H and O–H groups in total. The predicted molar refractivity (Wildman–Crippen MR) is 157 cm³/mol. The number of nitrogens with one attached hydrogen (secondary N) is 2. The normalized spacial score (nSPS) is 25.0. The molecular formula is C30H27BrCl2FN3O3. The number of carbonyl (C=O) groups is 2. The summed E-state index contributed by atoms with van der Waals surface area (Å²) in [5.74, 6) is -1.59. The molecule has 2 amide bonds. The largest absolute Gasteiger partial charge is 0.490 e. The van der Waals surface area contributed by atoms with Crippen LogP contribution in [0.25, 0.3) is 0 Å². The Hall–Kier alpha value is -2.65. The second-order valence-electron chi connectivity index (χ2n) is 10.7. The standard InChI is InChI=1S/C30H27BrCl2FN3O3/c1-37-11-9-19(10-12-37)40-24-8-7-22(31)27(34)26(24)28-30(20-6-5-18(33)14-23(20)35-29(30)39)21(15-25(38)36-28)16-3-2-4-17(32)13-16/h2-8,13-14,19,21,28H,9-12,15H2,1H3,(H,35,39)(H,36,38). The number of anilines is 1. The molecule has 10 heteroatoms. The third-order valence-corrected chi connectivity index (χ3v) is 9.43. The minimum Gasteiger partial charge on any atom is -0.490 e. The van der Waals surface area contributed by atoms with Gasteiger partial charge in [-0.2, -0.15) is 0 Å². The molecule has 0 aliphatic carbocycles. The summed E-state index contributed by atoms with van der Waals surface area (Å²) in [5, 5.41) is 6.91. The highest BCUT2D eigenvalue weighted by Gasteiger charge is 2.62. The third kappa shape index (κ3) is 4.59. The van der Waals surface area contributed by atoms with Crippen LogP contribution in [0.5, 0.6) is 5.75 Å². The molecule has 3 aromatic rings. The van der Waals surface area contributed by atoms with Gasteiger partial charge < -0.3 is 20.3 Å². The fraction of sp³-hybridized carbons (Fsp3) is 0.333. The van der Waals surface area contributed by atoms with E-state index in [0.717, 1.165) is 25.9 Å². The maximum absolute atomic E-state index is 16.3. The Morgan fingerprint density at radius 2 is 1.80 bits per heavy atom. The van der Waals surface area contributed by atoms with Gasteiger partial charge in [-0.1, -0.05) is 41.4 Å². The van der Waals surface area contributed by atoms with E-state index in [1.54, 1.807) is 48.5 Å².